The van der Waals surface area contributed by atoms with Crippen molar-refractivity contribution in [2.24, 2.45) is 0 Å². The van der Waals surface area contributed by atoms with Gasteiger partial charge in [-0.15, -0.1) is 0 Å². The van der Waals surface area contributed by atoms with E-state index in [2.05, 4.69) is 15.9 Å². The van der Waals surface area contributed by atoms with E-state index in [4.69, 9.17) is 9.47 Å². The lowest BCUT2D eigenvalue weighted by Crippen LogP contribution is -2.16. The lowest BCUT2D eigenvalue weighted by molar-refractivity contribution is 0.0472. The number of aryl methyl sites for hydroxylation is 2. The van der Waals surface area contributed by atoms with Gasteiger partial charge in [-0.25, -0.2) is 4.39 Å². The van der Waals surface area contributed by atoms with Crippen molar-refractivity contribution in [2.45, 2.75) is 45.6 Å². The Morgan fingerprint density at radius 3 is 2.35 bits per heavy atom. The van der Waals surface area contributed by atoms with Crippen LogP contribution in [0.5, 0.6) is 5.75 Å². The van der Waals surface area contributed by atoms with Crippen molar-refractivity contribution >= 4 is 15.9 Å². The van der Waals surface area contributed by atoms with Gasteiger partial charge in [-0.05, 0) is 85.5 Å². The molecule has 5 heteroatoms. The van der Waals surface area contributed by atoms with E-state index in [1.807, 2.05) is 26.0 Å². The summed E-state index contributed by atoms with van der Waals surface area (Å²) in [5, 5.41) is 11.1. The Kier molecular flexibility index (Phi) is 6.00. The zero-order valence-electron chi connectivity index (χ0n) is 15.4. The molecule has 0 radical (unpaired) electrons. The number of fused-ring (bicyclic) bond motifs is 1. The number of hydrogen-bond acceptors (Lipinski definition) is 3. The Hall–Kier alpha value is -1.43. The van der Waals surface area contributed by atoms with Gasteiger partial charge in [0.15, 0.2) is 18.4 Å². The largest absolute Gasteiger partial charge is 0.464 e. The van der Waals surface area contributed by atoms with Gasteiger partial charge in [-0.2, -0.15) is 0 Å². The maximum atomic E-state index is 14.8. The molecule has 0 aliphatic heterocycles. The molecular weight excluding hydrogens is 399 g/mol. The molecule has 3 nitrogen and oxygen atoms in total. The molecular formula is C21H24BrFO3. The number of rotatable bonds is 5. The van der Waals surface area contributed by atoms with Gasteiger partial charge in [0, 0.05) is 17.1 Å². The molecule has 0 aromatic heterocycles. The molecule has 1 unspecified atom stereocenters. The zero-order valence-corrected chi connectivity index (χ0v) is 17.0. The lowest BCUT2D eigenvalue weighted by Gasteiger charge is -2.26. The highest BCUT2D eigenvalue weighted by Gasteiger charge is 2.27. The van der Waals surface area contributed by atoms with Gasteiger partial charge in [-0.1, -0.05) is 15.9 Å². The van der Waals surface area contributed by atoms with Crippen LogP contribution < -0.4 is 4.74 Å². The van der Waals surface area contributed by atoms with Crippen molar-refractivity contribution in [2.75, 3.05) is 13.9 Å². The summed E-state index contributed by atoms with van der Waals surface area (Å²) in [6.45, 7) is 3.95. The average molecular weight is 423 g/mol. The predicted molar refractivity (Wildman–Crippen MR) is 103 cm³/mol. The van der Waals surface area contributed by atoms with Crippen LogP contribution >= 0.6 is 15.9 Å². The number of aliphatic hydroxyl groups is 1. The second-order valence-electron chi connectivity index (χ2n) is 6.85. The molecule has 3 rings (SSSR count). The molecule has 0 saturated carbocycles. The van der Waals surface area contributed by atoms with Gasteiger partial charge in [0.05, 0.1) is 0 Å². The van der Waals surface area contributed by atoms with Gasteiger partial charge in [0.1, 0.15) is 6.10 Å². The minimum absolute atomic E-state index is 0.0101. The molecule has 1 aliphatic carbocycles. The molecule has 0 saturated heterocycles. The molecule has 1 N–H and O–H groups in total. The summed E-state index contributed by atoms with van der Waals surface area (Å²) in [6.07, 6.45) is 2.73. The average Bonchev–Trinajstić information content (AvgIpc) is 2.59. The first-order chi connectivity index (χ1) is 12.4. The van der Waals surface area contributed by atoms with E-state index in [0.717, 1.165) is 58.0 Å². The van der Waals surface area contributed by atoms with Crippen LogP contribution in [0, 0.1) is 19.7 Å². The van der Waals surface area contributed by atoms with E-state index >= 15 is 0 Å². The standard InChI is InChI=1S/C21H24BrFO3/c1-12-8-14(22)9-13(2)19(12)20(24)17-10-18(23)21(26-11-25-3)16-7-5-4-6-15(16)17/h8-10,20,24H,4-7,11H2,1-3H3. The van der Waals surface area contributed by atoms with Crippen LogP contribution in [0.4, 0.5) is 4.39 Å². The van der Waals surface area contributed by atoms with E-state index in [1.54, 1.807) is 0 Å². The first-order valence-corrected chi connectivity index (χ1v) is 9.64. The van der Waals surface area contributed by atoms with E-state index in [-0.39, 0.29) is 12.5 Å². The summed E-state index contributed by atoms with van der Waals surface area (Å²) in [5.41, 5.74) is 5.33. The van der Waals surface area contributed by atoms with Crippen molar-refractivity contribution < 1.29 is 19.0 Å². The fraction of sp³-hybridized carbons (Fsp3) is 0.429. The number of aliphatic hydroxyl groups excluding tert-OH is 1. The number of halogens is 2. The third kappa shape index (κ3) is 3.66. The molecule has 140 valence electrons. The second kappa shape index (κ2) is 8.07. The number of ether oxygens (including phenoxy) is 2. The van der Waals surface area contributed by atoms with E-state index in [9.17, 15) is 9.50 Å². The molecule has 2 aromatic carbocycles. The maximum absolute atomic E-state index is 14.8. The fourth-order valence-corrected chi connectivity index (χ4v) is 4.62. The minimum Gasteiger partial charge on any atom is -0.464 e. The van der Waals surface area contributed by atoms with Crippen LogP contribution in [0.1, 0.15) is 52.3 Å². The SMILES string of the molecule is COCOc1c(F)cc(C(O)c2c(C)cc(Br)cc2C)c2c1CCCC2. The normalized spacial score (nSPS) is 14.8. The third-order valence-electron chi connectivity index (χ3n) is 5.04. The monoisotopic (exact) mass is 422 g/mol. The highest BCUT2D eigenvalue weighted by molar-refractivity contribution is 9.10. The Morgan fingerprint density at radius 2 is 1.73 bits per heavy atom. The summed E-state index contributed by atoms with van der Waals surface area (Å²) in [6, 6.07) is 5.38. The quantitative estimate of drug-likeness (QED) is 0.677. The zero-order chi connectivity index (χ0) is 18.8. The third-order valence-corrected chi connectivity index (χ3v) is 5.49. The smallest absolute Gasteiger partial charge is 0.188 e. The van der Waals surface area contributed by atoms with Crippen LogP contribution in [-0.2, 0) is 17.6 Å². The number of hydrogen-bond donors (Lipinski definition) is 1. The predicted octanol–water partition coefficient (Wildman–Crippen LogP) is 5.15. The van der Waals surface area contributed by atoms with Crippen LogP contribution in [-0.4, -0.2) is 19.0 Å². The molecule has 0 bridgehead atoms. The summed E-state index contributed by atoms with van der Waals surface area (Å²) in [4.78, 5) is 0. The van der Waals surface area contributed by atoms with Gasteiger partial charge in [-0.3, -0.25) is 0 Å². The van der Waals surface area contributed by atoms with Crippen LogP contribution in [0.15, 0.2) is 22.7 Å². The first kappa shape index (κ1) is 19.3. The van der Waals surface area contributed by atoms with Gasteiger partial charge in [0.25, 0.3) is 0 Å². The topological polar surface area (TPSA) is 38.7 Å². The minimum atomic E-state index is -0.860. The Morgan fingerprint density at radius 1 is 1.12 bits per heavy atom. The number of methoxy groups -OCH3 is 1. The van der Waals surface area contributed by atoms with Gasteiger partial charge in [0.2, 0.25) is 0 Å². The van der Waals surface area contributed by atoms with Crippen LogP contribution in [0.3, 0.4) is 0 Å². The van der Waals surface area contributed by atoms with E-state index in [1.165, 1.54) is 13.2 Å². The maximum Gasteiger partial charge on any atom is 0.188 e. The molecule has 1 atom stereocenters. The summed E-state index contributed by atoms with van der Waals surface area (Å²) in [5.74, 6) is -0.175. The molecule has 0 heterocycles. The van der Waals surface area contributed by atoms with Crippen molar-refractivity contribution in [3.63, 3.8) is 0 Å². The van der Waals surface area contributed by atoms with Crippen LogP contribution in [0.2, 0.25) is 0 Å². The Balaban J connectivity index is 2.12. The van der Waals surface area contributed by atoms with Crippen molar-refractivity contribution in [3.8, 4) is 5.75 Å². The summed E-state index contributed by atoms with van der Waals surface area (Å²) >= 11 is 3.49. The molecule has 26 heavy (non-hydrogen) atoms. The Labute approximate surface area is 162 Å². The van der Waals surface area contributed by atoms with Crippen molar-refractivity contribution in [1.82, 2.24) is 0 Å². The fourth-order valence-electron chi connectivity index (χ4n) is 3.93. The summed E-state index contributed by atoms with van der Waals surface area (Å²) in [7, 11) is 1.52. The van der Waals surface area contributed by atoms with Crippen LogP contribution in [0.25, 0.3) is 0 Å². The van der Waals surface area contributed by atoms with Gasteiger partial charge < -0.3 is 14.6 Å². The second-order valence-corrected chi connectivity index (χ2v) is 7.76. The molecule has 1 aliphatic rings. The van der Waals surface area contributed by atoms with Crippen molar-refractivity contribution in [3.05, 3.63) is 61.9 Å². The molecule has 0 amide bonds. The van der Waals surface area contributed by atoms with E-state index < -0.39 is 11.9 Å². The van der Waals surface area contributed by atoms with E-state index in [0.29, 0.717) is 5.56 Å². The Bertz CT molecular complexity index is 796. The molecule has 2 aromatic rings. The highest BCUT2D eigenvalue weighted by Crippen LogP contribution is 2.40. The van der Waals surface area contributed by atoms with Gasteiger partial charge >= 0.3 is 0 Å². The summed E-state index contributed by atoms with van der Waals surface area (Å²) < 4.78 is 26.2. The number of benzene rings is 2. The molecule has 0 fully saturated rings. The van der Waals surface area contributed by atoms with Crippen molar-refractivity contribution in [1.29, 1.82) is 0 Å². The molecule has 0 spiro atoms. The first-order valence-electron chi connectivity index (χ1n) is 8.84. The lowest BCUT2D eigenvalue weighted by atomic mass is 9.83. The highest BCUT2D eigenvalue weighted by atomic mass is 79.9.